The number of piperidine rings is 1. The zero-order chi connectivity index (χ0) is 21.3. The van der Waals surface area contributed by atoms with Crippen LogP contribution in [0.3, 0.4) is 0 Å². The number of carboxylic acids is 1. The lowest BCUT2D eigenvalue weighted by Gasteiger charge is -2.37. The minimum Gasteiger partial charge on any atom is -0.476 e. The number of carbonyl (C=O) groups excluding carboxylic acids is 1. The van der Waals surface area contributed by atoms with Crippen molar-refractivity contribution in [3.8, 4) is 0 Å². The molecule has 1 saturated heterocycles. The summed E-state index contributed by atoms with van der Waals surface area (Å²) in [4.78, 5) is 26.3. The summed E-state index contributed by atoms with van der Waals surface area (Å²) < 4.78 is 15.9. The van der Waals surface area contributed by atoms with Crippen LogP contribution < -0.4 is 0 Å². The number of hydrogen-bond donors (Lipinski definition) is 2. The van der Waals surface area contributed by atoms with Crippen molar-refractivity contribution in [2.24, 2.45) is 5.92 Å². The first kappa shape index (κ1) is 23.4. The molecule has 2 unspecified atom stereocenters. The van der Waals surface area contributed by atoms with Gasteiger partial charge in [0.2, 0.25) is 0 Å². The molecule has 0 amide bonds. The van der Waals surface area contributed by atoms with Gasteiger partial charge in [0.15, 0.2) is 11.5 Å². The van der Waals surface area contributed by atoms with Crippen molar-refractivity contribution in [1.82, 2.24) is 19.9 Å². The number of halogens is 2. The number of likely N-dealkylation sites (tertiary alicyclic amines) is 1. The van der Waals surface area contributed by atoms with Gasteiger partial charge >= 0.3 is 5.97 Å². The summed E-state index contributed by atoms with van der Waals surface area (Å²) in [5.41, 5.74) is 1.38. The van der Waals surface area contributed by atoms with Crippen LogP contribution in [0, 0.1) is 11.7 Å². The molecule has 1 saturated carbocycles. The van der Waals surface area contributed by atoms with Crippen LogP contribution in [-0.4, -0.2) is 55.1 Å². The Balaban J connectivity index is 0.00000272. The third-order valence-corrected chi connectivity index (χ3v) is 6.27. The normalized spacial score (nSPS) is 21.5. The Kier molecular flexibility index (Phi) is 7.51. The Bertz CT molecular complexity index is 995. The van der Waals surface area contributed by atoms with E-state index in [1.54, 1.807) is 18.2 Å². The molecule has 1 aromatic carbocycles. The molecule has 0 bridgehead atoms. The van der Waals surface area contributed by atoms with Gasteiger partial charge in [-0.3, -0.25) is 9.69 Å². The number of thiol groups is 1. The maximum absolute atomic E-state index is 14.6. The minimum atomic E-state index is -1.10. The molecule has 0 radical (unpaired) electrons. The van der Waals surface area contributed by atoms with Crippen molar-refractivity contribution in [3.63, 3.8) is 0 Å². The topological polar surface area (TPSA) is 88.3 Å². The van der Waals surface area contributed by atoms with E-state index in [1.165, 1.54) is 16.9 Å². The number of benzene rings is 1. The number of allylic oxidation sites excluding steroid dienone is 1. The minimum absolute atomic E-state index is 0. The van der Waals surface area contributed by atoms with E-state index in [2.05, 4.69) is 22.9 Å². The average molecular weight is 467 g/mol. The third-order valence-electron chi connectivity index (χ3n) is 5.68. The van der Waals surface area contributed by atoms with Gasteiger partial charge in [-0.05, 0) is 30.9 Å². The molecule has 4 rings (SSSR count). The standard InChI is InChI=1S/C21H23FN4O3S.ClH/c22-16-4-2-1-3-15(16)19(20(27)13-5-6-13)25-9-8-18(30)14(12-25)7-10-26-17(21(28)29)11-23-24-26;/h1-4,7,11,13,18-19,30H,5-6,8-10,12H2,(H,28,29);1H. The quantitative estimate of drug-likeness (QED) is 0.481. The molecular weight excluding hydrogens is 443 g/mol. The SMILES string of the molecule is Cl.O=C(O)c1cnnn1CC=C1CN(C(C(=O)C2CC2)c2ccccc2F)CCC1S. The molecular formula is C21H24ClFN4O3S. The van der Waals surface area contributed by atoms with E-state index in [-0.39, 0.29) is 47.4 Å². The number of aromatic carboxylic acids is 1. The van der Waals surface area contributed by atoms with Crippen LogP contribution in [-0.2, 0) is 11.3 Å². The fraction of sp³-hybridized carbons (Fsp3) is 0.429. The Morgan fingerprint density at radius 3 is 2.71 bits per heavy atom. The number of hydrogen-bond acceptors (Lipinski definition) is 6. The van der Waals surface area contributed by atoms with Gasteiger partial charge in [0.05, 0.1) is 18.8 Å². The summed E-state index contributed by atoms with van der Waals surface area (Å²) >= 11 is 4.66. The van der Waals surface area contributed by atoms with E-state index in [0.29, 0.717) is 25.1 Å². The predicted octanol–water partition coefficient (Wildman–Crippen LogP) is 3.19. The maximum Gasteiger partial charge on any atom is 0.355 e. The highest BCUT2D eigenvalue weighted by Crippen LogP contribution is 2.39. The van der Waals surface area contributed by atoms with Gasteiger partial charge in [0.1, 0.15) is 5.82 Å². The highest BCUT2D eigenvalue weighted by atomic mass is 35.5. The van der Waals surface area contributed by atoms with Gasteiger partial charge < -0.3 is 5.11 Å². The molecule has 1 aromatic heterocycles. The van der Waals surface area contributed by atoms with Crippen molar-refractivity contribution >= 4 is 36.8 Å². The number of Topliss-reactive ketones (excluding diaryl/α,β-unsaturated/α-hetero) is 1. The molecule has 2 heterocycles. The lowest BCUT2D eigenvalue weighted by molar-refractivity contribution is -0.126. The number of aromatic nitrogens is 3. The van der Waals surface area contributed by atoms with E-state index in [9.17, 15) is 19.1 Å². The van der Waals surface area contributed by atoms with Crippen molar-refractivity contribution in [2.45, 2.75) is 37.1 Å². The number of nitrogens with zero attached hydrogens (tertiary/aromatic N) is 4. The van der Waals surface area contributed by atoms with E-state index in [0.717, 1.165) is 18.4 Å². The molecule has 1 aliphatic heterocycles. The van der Waals surface area contributed by atoms with E-state index < -0.39 is 12.0 Å². The number of ketones is 1. The van der Waals surface area contributed by atoms with Gasteiger partial charge in [-0.25, -0.2) is 13.9 Å². The second-order valence-electron chi connectivity index (χ2n) is 7.76. The van der Waals surface area contributed by atoms with Crippen molar-refractivity contribution in [1.29, 1.82) is 0 Å². The second kappa shape index (κ2) is 9.93. The van der Waals surface area contributed by atoms with Gasteiger partial charge in [0.25, 0.3) is 0 Å². The fourth-order valence-corrected chi connectivity index (χ4v) is 4.20. The van der Waals surface area contributed by atoms with Crippen LogP contribution in [0.2, 0.25) is 0 Å². The molecule has 0 spiro atoms. The summed E-state index contributed by atoms with van der Waals surface area (Å²) in [6.45, 7) is 1.33. The van der Waals surface area contributed by atoms with Crippen LogP contribution >= 0.6 is 25.0 Å². The first-order chi connectivity index (χ1) is 14.5. The summed E-state index contributed by atoms with van der Waals surface area (Å²) in [5.74, 6) is -1.39. The number of rotatable bonds is 7. The maximum atomic E-state index is 14.6. The molecule has 2 fully saturated rings. The number of carbonyl (C=O) groups is 2. The molecule has 2 aromatic rings. The molecule has 166 valence electrons. The Morgan fingerprint density at radius 2 is 2.03 bits per heavy atom. The van der Waals surface area contributed by atoms with Crippen molar-refractivity contribution in [3.05, 3.63) is 59.2 Å². The first-order valence-electron chi connectivity index (χ1n) is 9.96. The second-order valence-corrected chi connectivity index (χ2v) is 8.38. The first-order valence-corrected chi connectivity index (χ1v) is 10.5. The summed E-state index contributed by atoms with van der Waals surface area (Å²) in [6, 6.07) is 5.84. The van der Waals surface area contributed by atoms with E-state index in [4.69, 9.17) is 0 Å². The van der Waals surface area contributed by atoms with Gasteiger partial charge in [0, 0.05) is 29.8 Å². The lowest BCUT2D eigenvalue weighted by atomic mass is 9.93. The summed E-state index contributed by atoms with van der Waals surface area (Å²) in [7, 11) is 0. The highest BCUT2D eigenvalue weighted by molar-refractivity contribution is 7.81. The van der Waals surface area contributed by atoms with Crippen molar-refractivity contribution < 1.29 is 19.1 Å². The largest absolute Gasteiger partial charge is 0.476 e. The van der Waals surface area contributed by atoms with Crippen LogP contribution in [0.5, 0.6) is 0 Å². The van der Waals surface area contributed by atoms with E-state index >= 15 is 0 Å². The monoisotopic (exact) mass is 466 g/mol. The molecule has 1 N–H and O–H groups in total. The fourth-order valence-electron chi connectivity index (χ4n) is 3.89. The smallest absolute Gasteiger partial charge is 0.355 e. The Hall–Kier alpha value is -2.23. The van der Waals surface area contributed by atoms with Crippen molar-refractivity contribution in [2.75, 3.05) is 13.1 Å². The van der Waals surface area contributed by atoms with Gasteiger partial charge in [-0.15, -0.1) is 17.5 Å². The van der Waals surface area contributed by atoms with Crippen LogP contribution in [0.25, 0.3) is 0 Å². The van der Waals surface area contributed by atoms with Crippen LogP contribution in [0.1, 0.15) is 41.4 Å². The molecule has 7 nitrogen and oxygen atoms in total. The van der Waals surface area contributed by atoms with Gasteiger partial charge in [-0.1, -0.05) is 29.5 Å². The molecule has 2 atom stereocenters. The summed E-state index contributed by atoms with van der Waals surface area (Å²) in [5, 5.41) is 16.7. The lowest BCUT2D eigenvalue weighted by Crippen LogP contribution is -2.42. The molecule has 10 heteroatoms. The Morgan fingerprint density at radius 1 is 1.29 bits per heavy atom. The molecule has 2 aliphatic rings. The predicted molar refractivity (Wildman–Crippen MR) is 118 cm³/mol. The molecule has 31 heavy (non-hydrogen) atoms. The van der Waals surface area contributed by atoms with Crippen LogP contribution in [0.15, 0.2) is 42.1 Å². The highest BCUT2D eigenvalue weighted by Gasteiger charge is 2.40. The zero-order valence-electron chi connectivity index (χ0n) is 16.7. The van der Waals surface area contributed by atoms with E-state index in [1.807, 2.05) is 11.0 Å². The zero-order valence-corrected chi connectivity index (χ0v) is 18.4. The average Bonchev–Trinajstić information content (AvgIpc) is 3.47. The Labute approximate surface area is 191 Å². The molecule has 1 aliphatic carbocycles. The third kappa shape index (κ3) is 5.16. The summed E-state index contributed by atoms with van der Waals surface area (Å²) in [6.07, 6.45) is 5.51. The van der Waals surface area contributed by atoms with Gasteiger partial charge in [-0.2, -0.15) is 12.6 Å². The number of carboxylic acid groups (broad SMARTS) is 1. The van der Waals surface area contributed by atoms with Crippen LogP contribution in [0.4, 0.5) is 4.39 Å².